The summed E-state index contributed by atoms with van der Waals surface area (Å²) in [6.07, 6.45) is 4.40. The van der Waals surface area contributed by atoms with Crippen LogP contribution in [0.25, 0.3) is 0 Å². The average molecular weight is 237 g/mol. The third kappa shape index (κ3) is 3.26. The van der Waals surface area contributed by atoms with E-state index >= 15 is 0 Å². The van der Waals surface area contributed by atoms with Crippen molar-refractivity contribution < 1.29 is 4.79 Å². The molecule has 1 unspecified atom stereocenters. The standard InChI is InChI=1S/C11H19N5O/c1-2-16-7-14-15-10(16)6-13-11(17)5-9(12)8-3-4-8/h7-9H,2-6,12H2,1H3,(H,13,17). The summed E-state index contributed by atoms with van der Waals surface area (Å²) in [7, 11) is 0. The highest BCUT2D eigenvalue weighted by Crippen LogP contribution is 2.32. The normalized spacial score (nSPS) is 16.8. The summed E-state index contributed by atoms with van der Waals surface area (Å²) in [6.45, 7) is 3.24. The van der Waals surface area contributed by atoms with E-state index in [4.69, 9.17) is 5.73 Å². The summed E-state index contributed by atoms with van der Waals surface area (Å²) < 4.78 is 1.90. The molecule has 0 bridgehead atoms. The van der Waals surface area contributed by atoms with Crippen LogP contribution in [-0.4, -0.2) is 26.7 Å². The van der Waals surface area contributed by atoms with Gasteiger partial charge in [0.25, 0.3) is 0 Å². The van der Waals surface area contributed by atoms with Crippen LogP contribution in [0.2, 0.25) is 0 Å². The van der Waals surface area contributed by atoms with Crippen LogP contribution >= 0.6 is 0 Å². The number of amides is 1. The van der Waals surface area contributed by atoms with Gasteiger partial charge in [0.1, 0.15) is 6.33 Å². The number of hydrogen-bond donors (Lipinski definition) is 2. The Balaban J connectivity index is 1.75. The topological polar surface area (TPSA) is 85.8 Å². The maximum Gasteiger partial charge on any atom is 0.221 e. The molecular weight excluding hydrogens is 218 g/mol. The predicted molar refractivity (Wildman–Crippen MR) is 62.9 cm³/mol. The number of nitrogens with zero attached hydrogens (tertiary/aromatic N) is 3. The Bertz CT molecular complexity index is 385. The number of carbonyl (C=O) groups excluding carboxylic acids is 1. The molecule has 6 heteroatoms. The third-order valence-electron chi connectivity index (χ3n) is 3.13. The summed E-state index contributed by atoms with van der Waals surface area (Å²) in [6, 6.07) is 0.0130. The van der Waals surface area contributed by atoms with E-state index in [0.29, 0.717) is 18.9 Å². The van der Waals surface area contributed by atoms with Gasteiger partial charge in [0.15, 0.2) is 5.82 Å². The number of carbonyl (C=O) groups is 1. The lowest BCUT2D eigenvalue weighted by Gasteiger charge is -2.10. The highest BCUT2D eigenvalue weighted by molar-refractivity contribution is 5.76. The molecule has 0 aromatic carbocycles. The number of aromatic nitrogens is 3. The number of nitrogens with two attached hydrogens (primary N) is 1. The zero-order valence-corrected chi connectivity index (χ0v) is 10.1. The summed E-state index contributed by atoms with van der Waals surface area (Å²) in [4.78, 5) is 11.6. The fourth-order valence-corrected chi connectivity index (χ4v) is 1.83. The molecule has 0 aliphatic heterocycles. The lowest BCUT2D eigenvalue weighted by Crippen LogP contribution is -2.33. The van der Waals surface area contributed by atoms with E-state index in [1.54, 1.807) is 6.33 Å². The van der Waals surface area contributed by atoms with E-state index in [1.807, 2.05) is 11.5 Å². The van der Waals surface area contributed by atoms with Gasteiger partial charge in [-0.3, -0.25) is 4.79 Å². The second-order valence-corrected chi connectivity index (χ2v) is 4.52. The molecule has 0 saturated heterocycles. The second kappa shape index (κ2) is 5.27. The first kappa shape index (κ1) is 12.0. The molecule has 1 amide bonds. The van der Waals surface area contributed by atoms with Crippen LogP contribution in [0.4, 0.5) is 0 Å². The fraction of sp³-hybridized carbons (Fsp3) is 0.727. The van der Waals surface area contributed by atoms with Crippen LogP contribution in [0.3, 0.4) is 0 Å². The zero-order chi connectivity index (χ0) is 12.3. The molecule has 2 rings (SSSR count). The first-order valence-electron chi connectivity index (χ1n) is 6.09. The van der Waals surface area contributed by atoms with E-state index in [-0.39, 0.29) is 11.9 Å². The van der Waals surface area contributed by atoms with Crippen molar-refractivity contribution in [1.82, 2.24) is 20.1 Å². The first-order valence-corrected chi connectivity index (χ1v) is 6.09. The van der Waals surface area contributed by atoms with Crippen molar-refractivity contribution >= 4 is 5.91 Å². The Kier molecular flexibility index (Phi) is 3.73. The molecule has 94 valence electrons. The quantitative estimate of drug-likeness (QED) is 0.731. The van der Waals surface area contributed by atoms with Gasteiger partial charge in [-0.2, -0.15) is 0 Å². The van der Waals surface area contributed by atoms with E-state index in [0.717, 1.165) is 12.4 Å². The molecule has 0 radical (unpaired) electrons. The van der Waals surface area contributed by atoms with Gasteiger partial charge in [-0.05, 0) is 25.7 Å². The molecule has 1 aromatic heterocycles. The van der Waals surface area contributed by atoms with Crippen molar-refractivity contribution in [3.63, 3.8) is 0 Å². The molecule has 3 N–H and O–H groups in total. The van der Waals surface area contributed by atoms with E-state index in [2.05, 4.69) is 15.5 Å². The SMILES string of the molecule is CCn1cnnc1CNC(=O)CC(N)C1CC1. The summed E-state index contributed by atoms with van der Waals surface area (Å²) in [5, 5.41) is 10.6. The van der Waals surface area contributed by atoms with Crippen LogP contribution in [0.15, 0.2) is 6.33 Å². The average Bonchev–Trinajstić information content (AvgIpc) is 3.06. The van der Waals surface area contributed by atoms with Gasteiger partial charge in [0.05, 0.1) is 6.54 Å². The smallest absolute Gasteiger partial charge is 0.221 e. The molecule has 1 aromatic rings. The van der Waals surface area contributed by atoms with Gasteiger partial charge in [-0.1, -0.05) is 0 Å². The molecule has 1 saturated carbocycles. The third-order valence-corrected chi connectivity index (χ3v) is 3.13. The molecule has 1 aliphatic rings. The van der Waals surface area contributed by atoms with E-state index < -0.39 is 0 Å². The lowest BCUT2D eigenvalue weighted by atomic mass is 10.1. The van der Waals surface area contributed by atoms with Crippen LogP contribution in [0, 0.1) is 5.92 Å². The minimum absolute atomic E-state index is 0.00458. The van der Waals surface area contributed by atoms with Gasteiger partial charge in [0.2, 0.25) is 5.91 Å². The largest absolute Gasteiger partial charge is 0.349 e. The molecule has 6 nitrogen and oxygen atoms in total. The van der Waals surface area contributed by atoms with Crippen molar-refractivity contribution in [3.8, 4) is 0 Å². The minimum Gasteiger partial charge on any atom is -0.349 e. The predicted octanol–water partition coefficient (Wildman–Crippen LogP) is 0.0416. The highest BCUT2D eigenvalue weighted by atomic mass is 16.1. The molecule has 1 aliphatic carbocycles. The van der Waals surface area contributed by atoms with Crippen molar-refractivity contribution in [1.29, 1.82) is 0 Å². The monoisotopic (exact) mass is 237 g/mol. The van der Waals surface area contributed by atoms with Gasteiger partial charge in [0, 0.05) is 19.0 Å². The summed E-state index contributed by atoms with van der Waals surface area (Å²) in [5.74, 6) is 1.33. The van der Waals surface area contributed by atoms with E-state index in [1.165, 1.54) is 12.8 Å². The van der Waals surface area contributed by atoms with Gasteiger partial charge < -0.3 is 15.6 Å². The van der Waals surface area contributed by atoms with E-state index in [9.17, 15) is 4.79 Å². The van der Waals surface area contributed by atoms with Crippen LogP contribution in [-0.2, 0) is 17.9 Å². The Labute approximate surface area is 101 Å². The van der Waals surface area contributed by atoms with Crippen LogP contribution in [0.5, 0.6) is 0 Å². The maximum atomic E-state index is 11.6. The van der Waals surface area contributed by atoms with Crippen molar-refractivity contribution in [2.75, 3.05) is 0 Å². The van der Waals surface area contributed by atoms with Crippen molar-refractivity contribution in [2.45, 2.75) is 45.3 Å². The fourth-order valence-electron chi connectivity index (χ4n) is 1.83. The molecule has 1 heterocycles. The number of rotatable bonds is 6. The Hall–Kier alpha value is -1.43. The summed E-state index contributed by atoms with van der Waals surface area (Å²) >= 11 is 0. The number of nitrogens with one attached hydrogen (secondary N) is 1. The lowest BCUT2D eigenvalue weighted by molar-refractivity contribution is -0.121. The Morgan fingerprint density at radius 3 is 3.12 bits per heavy atom. The Morgan fingerprint density at radius 2 is 2.47 bits per heavy atom. The number of aryl methyl sites for hydroxylation is 1. The molecule has 17 heavy (non-hydrogen) atoms. The summed E-state index contributed by atoms with van der Waals surface area (Å²) in [5.41, 5.74) is 5.89. The molecule has 1 fully saturated rings. The first-order chi connectivity index (χ1) is 8.20. The van der Waals surface area contributed by atoms with Crippen LogP contribution < -0.4 is 11.1 Å². The van der Waals surface area contributed by atoms with Gasteiger partial charge in [-0.15, -0.1) is 10.2 Å². The van der Waals surface area contributed by atoms with Crippen molar-refractivity contribution in [3.05, 3.63) is 12.2 Å². The maximum absolute atomic E-state index is 11.6. The van der Waals surface area contributed by atoms with Crippen molar-refractivity contribution in [2.24, 2.45) is 11.7 Å². The van der Waals surface area contributed by atoms with Crippen LogP contribution in [0.1, 0.15) is 32.0 Å². The Morgan fingerprint density at radius 1 is 1.71 bits per heavy atom. The molecule has 1 atom stereocenters. The molecular formula is C11H19N5O. The minimum atomic E-state index is -0.00458. The zero-order valence-electron chi connectivity index (χ0n) is 10.1. The van der Waals surface area contributed by atoms with Gasteiger partial charge in [-0.25, -0.2) is 0 Å². The molecule has 0 spiro atoms. The van der Waals surface area contributed by atoms with Gasteiger partial charge >= 0.3 is 0 Å². The second-order valence-electron chi connectivity index (χ2n) is 4.52. The highest BCUT2D eigenvalue weighted by Gasteiger charge is 2.29. The number of hydrogen-bond acceptors (Lipinski definition) is 4.